The highest BCUT2D eigenvalue weighted by molar-refractivity contribution is 5.93. The smallest absolute Gasteiger partial charge is 0.308 e. The lowest BCUT2D eigenvalue weighted by Gasteiger charge is -2.23. The summed E-state index contributed by atoms with van der Waals surface area (Å²) in [7, 11) is 0. The Morgan fingerprint density at radius 1 is 1.47 bits per heavy atom. The Morgan fingerprint density at radius 3 is 2.58 bits per heavy atom. The number of aliphatic carboxylic acids is 1. The lowest BCUT2D eigenvalue weighted by molar-refractivity contribution is -0.141. The van der Waals surface area contributed by atoms with Crippen molar-refractivity contribution in [1.82, 2.24) is 14.7 Å². The van der Waals surface area contributed by atoms with E-state index in [4.69, 9.17) is 5.11 Å². The molecule has 0 spiro atoms. The third-order valence-corrected chi connectivity index (χ3v) is 3.01. The van der Waals surface area contributed by atoms with Crippen LogP contribution in [-0.2, 0) is 11.3 Å². The van der Waals surface area contributed by atoms with Gasteiger partial charge in [-0.05, 0) is 26.8 Å². The van der Waals surface area contributed by atoms with Gasteiger partial charge in [0.05, 0.1) is 11.6 Å². The van der Waals surface area contributed by atoms with Crippen LogP contribution in [-0.4, -0.2) is 44.8 Å². The van der Waals surface area contributed by atoms with Crippen LogP contribution in [0.3, 0.4) is 0 Å². The first-order valence-corrected chi connectivity index (χ1v) is 6.47. The van der Waals surface area contributed by atoms with Gasteiger partial charge in [0.1, 0.15) is 5.69 Å². The first kappa shape index (κ1) is 15.2. The van der Waals surface area contributed by atoms with Crippen molar-refractivity contribution >= 4 is 11.9 Å². The molecule has 0 aliphatic carbocycles. The summed E-state index contributed by atoms with van der Waals surface area (Å²) in [6.45, 7) is 8.48. The molecule has 0 aliphatic heterocycles. The number of nitrogens with zero attached hydrogens (tertiary/aromatic N) is 3. The summed E-state index contributed by atoms with van der Waals surface area (Å²) in [5.41, 5.74) is 1.30. The molecule has 0 saturated carbocycles. The van der Waals surface area contributed by atoms with E-state index in [0.717, 1.165) is 5.69 Å². The number of hydrogen-bond acceptors (Lipinski definition) is 3. The summed E-state index contributed by atoms with van der Waals surface area (Å²) in [6, 6.07) is 1.74. The molecule has 0 aromatic carbocycles. The zero-order chi connectivity index (χ0) is 14.6. The number of hydrogen-bond donors (Lipinski definition) is 1. The summed E-state index contributed by atoms with van der Waals surface area (Å²) < 4.78 is 1.64. The van der Waals surface area contributed by atoms with Crippen molar-refractivity contribution in [1.29, 1.82) is 0 Å². The second-order valence-electron chi connectivity index (χ2n) is 4.57. The van der Waals surface area contributed by atoms with Gasteiger partial charge in [0, 0.05) is 19.6 Å². The lowest BCUT2D eigenvalue weighted by atomic mass is 10.1. The van der Waals surface area contributed by atoms with Crippen molar-refractivity contribution < 1.29 is 14.7 Å². The predicted molar refractivity (Wildman–Crippen MR) is 71.0 cm³/mol. The Kier molecular flexibility index (Phi) is 5.09. The zero-order valence-corrected chi connectivity index (χ0v) is 11.9. The quantitative estimate of drug-likeness (QED) is 0.845. The SMILES string of the molecule is CCN(CC(C)C(=O)O)C(=O)c1cc(C)nn1CC. The van der Waals surface area contributed by atoms with Crippen LogP contribution in [0, 0.1) is 12.8 Å². The fourth-order valence-electron chi connectivity index (χ4n) is 1.88. The minimum atomic E-state index is -0.897. The highest BCUT2D eigenvalue weighted by Crippen LogP contribution is 2.10. The monoisotopic (exact) mass is 267 g/mol. The van der Waals surface area contributed by atoms with E-state index in [9.17, 15) is 9.59 Å². The molecule has 1 aromatic rings. The Morgan fingerprint density at radius 2 is 2.11 bits per heavy atom. The molecule has 0 radical (unpaired) electrons. The van der Waals surface area contributed by atoms with E-state index < -0.39 is 11.9 Å². The third kappa shape index (κ3) is 3.56. The van der Waals surface area contributed by atoms with E-state index in [1.165, 1.54) is 0 Å². The number of carboxylic acids is 1. The minimum absolute atomic E-state index is 0.168. The van der Waals surface area contributed by atoms with Crippen LogP contribution < -0.4 is 0 Å². The molecule has 1 atom stereocenters. The molecule has 1 amide bonds. The number of aryl methyl sites for hydroxylation is 2. The standard InChI is InChI=1S/C13H21N3O3/c1-5-15(8-9(3)13(18)19)12(17)11-7-10(4)14-16(11)6-2/h7,9H,5-6,8H2,1-4H3,(H,18,19). The zero-order valence-electron chi connectivity index (χ0n) is 11.9. The molecule has 1 unspecified atom stereocenters. The van der Waals surface area contributed by atoms with Gasteiger partial charge < -0.3 is 10.0 Å². The molecular weight excluding hydrogens is 246 g/mol. The number of aromatic nitrogens is 2. The normalized spacial score (nSPS) is 12.2. The summed E-state index contributed by atoms with van der Waals surface area (Å²) in [4.78, 5) is 24.8. The second kappa shape index (κ2) is 6.36. The van der Waals surface area contributed by atoms with Gasteiger partial charge in [0.25, 0.3) is 5.91 Å². The van der Waals surface area contributed by atoms with E-state index in [0.29, 0.717) is 18.8 Å². The van der Waals surface area contributed by atoms with Gasteiger partial charge in [-0.25, -0.2) is 0 Å². The summed E-state index contributed by atoms with van der Waals surface area (Å²) in [5.74, 6) is -1.65. The molecule has 6 heteroatoms. The molecule has 106 valence electrons. The molecule has 1 aromatic heterocycles. The minimum Gasteiger partial charge on any atom is -0.481 e. The fraction of sp³-hybridized carbons (Fsp3) is 0.615. The Labute approximate surface area is 113 Å². The first-order chi connectivity index (χ1) is 8.90. The first-order valence-electron chi connectivity index (χ1n) is 6.47. The molecule has 0 fully saturated rings. The van der Waals surface area contributed by atoms with Gasteiger partial charge in [0.2, 0.25) is 0 Å². The van der Waals surface area contributed by atoms with Crippen molar-refractivity contribution in [2.45, 2.75) is 34.2 Å². The molecule has 1 heterocycles. The molecule has 0 saturated heterocycles. The molecule has 0 bridgehead atoms. The highest BCUT2D eigenvalue weighted by atomic mass is 16.4. The van der Waals surface area contributed by atoms with Crippen molar-refractivity contribution in [3.63, 3.8) is 0 Å². The number of rotatable bonds is 6. The van der Waals surface area contributed by atoms with Crippen LogP contribution in [0.25, 0.3) is 0 Å². The summed E-state index contributed by atoms with van der Waals surface area (Å²) in [6.07, 6.45) is 0. The number of carbonyl (C=O) groups is 2. The van der Waals surface area contributed by atoms with Gasteiger partial charge in [-0.15, -0.1) is 0 Å². The van der Waals surface area contributed by atoms with Crippen LogP contribution in [0.2, 0.25) is 0 Å². The summed E-state index contributed by atoms with van der Waals surface area (Å²) in [5, 5.41) is 13.2. The maximum Gasteiger partial charge on any atom is 0.308 e. The van der Waals surface area contributed by atoms with Crippen molar-refractivity contribution in [3.05, 3.63) is 17.5 Å². The Bertz CT molecular complexity index is 468. The van der Waals surface area contributed by atoms with Crippen molar-refractivity contribution in [2.75, 3.05) is 13.1 Å². The van der Waals surface area contributed by atoms with Gasteiger partial charge in [-0.2, -0.15) is 5.10 Å². The molecule has 1 rings (SSSR count). The van der Waals surface area contributed by atoms with E-state index in [-0.39, 0.29) is 12.5 Å². The van der Waals surface area contributed by atoms with E-state index >= 15 is 0 Å². The van der Waals surface area contributed by atoms with Crippen molar-refractivity contribution in [3.8, 4) is 0 Å². The lowest BCUT2D eigenvalue weighted by Crippen LogP contribution is -2.37. The van der Waals surface area contributed by atoms with E-state index in [1.54, 1.807) is 22.6 Å². The second-order valence-corrected chi connectivity index (χ2v) is 4.57. The van der Waals surface area contributed by atoms with Crippen LogP contribution in [0.5, 0.6) is 0 Å². The number of amides is 1. The van der Waals surface area contributed by atoms with E-state index in [1.807, 2.05) is 20.8 Å². The third-order valence-electron chi connectivity index (χ3n) is 3.01. The fourth-order valence-corrected chi connectivity index (χ4v) is 1.88. The topological polar surface area (TPSA) is 75.4 Å². The van der Waals surface area contributed by atoms with E-state index in [2.05, 4.69) is 5.10 Å². The highest BCUT2D eigenvalue weighted by Gasteiger charge is 2.23. The van der Waals surface area contributed by atoms with Gasteiger partial charge >= 0.3 is 5.97 Å². The van der Waals surface area contributed by atoms with Crippen molar-refractivity contribution in [2.24, 2.45) is 5.92 Å². The van der Waals surface area contributed by atoms with Crippen LogP contribution in [0.15, 0.2) is 6.07 Å². The number of carbonyl (C=O) groups excluding carboxylic acids is 1. The van der Waals surface area contributed by atoms with Crippen LogP contribution in [0.4, 0.5) is 0 Å². The maximum atomic E-state index is 12.4. The molecule has 1 N–H and O–H groups in total. The Balaban J connectivity index is 2.92. The predicted octanol–water partition coefficient (Wildman–Crippen LogP) is 1.39. The number of carboxylic acid groups (broad SMARTS) is 1. The summed E-state index contributed by atoms with van der Waals surface area (Å²) >= 11 is 0. The molecular formula is C13H21N3O3. The molecule has 6 nitrogen and oxygen atoms in total. The van der Waals surface area contributed by atoms with Crippen LogP contribution >= 0.6 is 0 Å². The van der Waals surface area contributed by atoms with Gasteiger partial charge in [-0.1, -0.05) is 6.92 Å². The molecule has 19 heavy (non-hydrogen) atoms. The largest absolute Gasteiger partial charge is 0.481 e. The molecule has 0 aliphatic rings. The average Bonchev–Trinajstić information content (AvgIpc) is 2.75. The van der Waals surface area contributed by atoms with Crippen LogP contribution in [0.1, 0.15) is 37.0 Å². The van der Waals surface area contributed by atoms with Gasteiger partial charge in [0.15, 0.2) is 0 Å². The maximum absolute atomic E-state index is 12.4. The average molecular weight is 267 g/mol. The van der Waals surface area contributed by atoms with Gasteiger partial charge in [-0.3, -0.25) is 14.3 Å². The Hall–Kier alpha value is -1.85.